The lowest BCUT2D eigenvalue weighted by atomic mass is 10.0. The molecular formula is C29H27N5O4. The minimum Gasteiger partial charge on any atom is -0.505 e. The van der Waals surface area contributed by atoms with E-state index in [1.807, 2.05) is 43.3 Å². The van der Waals surface area contributed by atoms with Gasteiger partial charge in [-0.1, -0.05) is 55.5 Å². The number of phenolic OH excluding ortho intramolecular Hbond substituents is 1. The van der Waals surface area contributed by atoms with Crippen LogP contribution in [0.5, 0.6) is 5.75 Å². The second-order valence-electron chi connectivity index (χ2n) is 8.90. The number of nitriles is 1. The number of nitrogens with one attached hydrogen (secondary N) is 2. The lowest BCUT2D eigenvalue weighted by Crippen LogP contribution is -2.34. The van der Waals surface area contributed by atoms with Crippen molar-refractivity contribution in [2.24, 2.45) is 0 Å². The summed E-state index contributed by atoms with van der Waals surface area (Å²) in [7, 11) is 3.04. The molecule has 9 nitrogen and oxygen atoms in total. The van der Waals surface area contributed by atoms with Gasteiger partial charge in [-0.25, -0.2) is 4.90 Å². The Morgan fingerprint density at radius 1 is 1.00 bits per heavy atom. The molecule has 9 heteroatoms. The van der Waals surface area contributed by atoms with Gasteiger partial charge in [-0.3, -0.25) is 14.4 Å². The number of rotatable bonds is 8. The molecule has 0 saturated carbocycles. The first-order valence-corrected chi connectivity index (χ1v) is 12.0. The van der Waals surface area contributed by atoms with E-state index in [0.29, 0.717) is 12.1 Å². The number of aromatic hydroxyl groups is 1. The molecule has 3 amide bonds. The molecule has 3 aromatic rings. The van der Waals surface area contributed by atoms with Gasteiger partial charge < -0.3 is 20.6 Å². The second kappa shape index (κ2) is 10.9. The molecule has 1 aliphatic heterocycles. The van der Waals surface area contributed by atoms with Crippen molar-refractivity contribution >= 4 is 29.1 Å². The normalized spacial score (nSPS) is 13.8. The van der Waals surface area contributed by atoms with Gasteiger partial charge in [-0.2, -0.15) is 5.26 Å². The zero-order chi connectivity index (χ0) is 27.4. The van der Waals surface area contributed by atoms with Gasteiger partial charge in [-0.05, 0) is 36.2 Å². The highest BCUT2D eigenvalue weighted by molar-refractivity contribution is 6.33. The molecule has 0 aliphatic carbocycles. The number of benzene rings is 3. The highest BCUT2D eigenvalue weighted by Gasteiger charge is 2.41. The van der Waals surface area contributed by atoms with Gasteiger partial charge in [0.05, 0.1) is 34.6 Å². The number of carbonyl (C=O) groups is 3. The Bertz CT molecular complexity index is 1460. The average Bonchev–Trinajstić information content (AvgIpc) is 3.16. The number of carbonyl (C=O) groups excluding carboxylic acids is 3. The van der Waals surface area contributed by atoms with Crippen molar-refractivity contribution < 1.29 is 19.5 Å². The summed E-state index contributed by atoms with van der Waals surface area (Å²) >= 11 is 0. The Labute approximate surface area is 220 Å². The molecule has 1 atom stereocenters. The molecule has 1 heterocycles. The number of para-hydroxylation sites is 1. The minimum atomic E-state index is -0.645. The first-order valence-electron chi connectivity index (χ1n) is 12.0. The monoisotopic (exact) mass is 509 g/mol. The van der Waals surface area contributed by atoms with Gasteiger partial charge in [-0.15, -0.1) is 0 Å². The number of amides is 3. The van der Waals surface area contributed by atoms with E-state index in [4.69, 9.17) is 0 Å². The number of anilines is 2. The molecule has 38 heavy (non-hydrogen) atoms. The Morgan fingerprint density at radius 2 is 1.61 bits per heavy atom. The van der Waals surface area contributed by atoms with E-state index >= 15 is 0 Å². The average molecular weight is 510 g/mol. The summed E-state index contributed by atoms with van der Waals surface area (Å²) in [5, 5.41) is 26.6. The topological polar surface area (TPSA) is 126 Å². The van der Waals surface area contributed by atoms with Gasteiger partial charge >= 0.3 is 0 Å². The summed E-state index contributed by atoms with van der Waals surface area (Å²) in [6.45, 7) is 1.95. The molecule has 0 fully saturated rings. The number of hydrogen-bond donors (Lipinski definition) is 3. The van der Waals surface area contributed by atoms with Crippen LogP contribution in [0.3, 0.4) is 0 Å². The third-order valence-corrected chi connectivity index (χ3v) is 6.16. The fraction of sp³-hybridized carbons (Fsp3) is 0.172. The van der Waals surface area contributed by atoms with Crippen molar-refractivity contribution in [3.05, 3.63) is 101 Å². The third-order valence-electron chi connectivity index (χ3n) is 6.16. The third kappa shape index (κ3) is 4.92. The van der Waals surface area contributed by atoms with Crippen LogP contribution in [0.15, 0.2) is 84.2 Å². The van der Waals surface area contributed by atoms with Crippen LogP contribution in [0.2, 0.25) is 0 Å². The van der Waals surface area contributed by atoms with Crippen LogP contribution in [0, 0.1) is 11.3 Å². The molecular weight excluding hydrogens is 482 g/mol. The quantitative estimate of drug-likeness (QED) is 0.311. The minimum absolute atomic E-state index is 0.0109. The van der Waals surface area contributed by atoms with E-state index in [9.17, 15) is 24.8 Å². The van der Waals surface area contributed by atoms with E-state index < -0.39 is 23.5 Å². The molecule has 1 aliphatic rings. The van der Waals surface area contributed by atoms with Gasteiger partial charge in [0.1, 0.15) is 11.4 Å². The van der Waals surface area contributed by atoms with E-state index in [1.165, 1.54) is 31.1 Å². The fourth-order valence-corrected chi connectivity index (χ4v) is 4.20. The van der Waals surface area contributed by atoms with Gasteiger partial charge in [0.2, 0.25) is 0 Å². The molecule has 3 aromatic carbocycles. The molecule has 0 unspecified atom stereocenters. The molecule has 192 valence electrons. The predicted octanol–water partition coefficient (Wildman–Crippen LogP) is 3.90. The van der Waals surface area contributed by atoms with Crippen molar-refractivity contribution in [3.8, 4) is 11.8 Å². The fourth-order valence-electron chi connectivity index (χ4n) is 4.20. The number of phenols is 1. The molecule has 4 rings (SSSR count). The largest absolute Gasteiger partial charge is 0.505 e. The maximum Gasteiger partial charge on any atom is 0.284 e. The van der Waals surface area contributed by atoms with Crippen LogP contribution in [0.1, 0.15) is 40.9 Å². The summed E-state index contributed by atoms with van der Waals surface area (Å²) in [6, 6.07) is 22.3. The second-order valence-corrected chi connectivity index (χ2v) is 8.90. The van der Waals surface area contributed by atoms with Gasteiger partial charge in [0, 0.05) is 14.1 Å². The summed E-state index contributed by atoms with van der Waals surface area (Å²) in [5.74, 6) is -2.18. The molecule has 0 bridgehead atoms. The van der Waals surface area contributed by atoms with Crippen LogP contribution in [0.4, 0.5) is 11.4 Å². The summed E-state index contributed by atoms with van der Waals surface area (Å²) in [6.07, 6.45) is 0.615. The summed E-state index contributed by atoms with van der Waals surface area (Å²) < 4.78 is 0. The van der Waals surface area contributed by atoms with Gasteiger partial charge in [0.15, 0.2) is 5.75 Å². The van der Waals surface area contributed by atoms with Crippen LogP contribution < -0.4 is 15.5 Å². The maximum atomic E-state index is 13.7. The number of hydrogen-bond acceptors (Lipinski definition) is 7. The SMILES string of the molecule is CC[C@@H](NC1=C(Nc2cc(C#N)cc(C(=O)N(C)C)c2O)C(=O)N(c2ccccc2)C1=O)c1ccccc1. The lowest BCUT2D eigenvalue weighted by Gasteiger charge is -2.20. The molecule has 0 aromatic heterocycles. The Hall–Kier alpha value is -5.10. The Morgan fingerprint density at radius 3 is 2.18 bits per heavy atom. The maximum absolute atomic E-state index is 13.7. The van der Waals surface area contributed by atoms with Crippen LogP contribution in [0.25, 0.3) is 0 Å². The van der Waals surface area contributed by atoms with Crippen molar-refractivity contribution in [2.75, 3.05) is 24.3 Å². The van der Waals surface area contributed by atoms with E-state index in [2.05, 4.69) is 10.6 Å². The number of imide groups is 1. The summed E-state index contributed by atoms with van der Waals surface area (Å²) in [4.78, 5) is 42.3. The lowest BCUT2D eigenvalue weighted by molar-refractivity contribution is -0.120. The van der Waals surface area contributed by atoms with Crippen LogP contribution >= 0.6 is 0 Å². The predicted molar refractivity (Wildman–Crippen MR) is 143 cm³/mol. The highest BCUT2D eigenvalue weighted by Crippen LogP contribution is 2.35. The highest BCUT2D eigenvalue weighted by atomic mass is 16.3. The summed E-state index contributed by atoms with van der Waals surface area (Å²) in [5.41, 5.74) is 1.14. The van der Waals surface area contributed by atoms with E-state index in [-0.39, 0.29) is 34.3 Å². The van der Waals surface area contributed by atoms with Crippen molar-refractivity contribution in [1.29, 1.82) is 5.26 Å². The molecule has 0 radical (unpaired) electrons. The Kier molecular flexibility index (Phi) is 7.44. The van der Waals surface area contributed by atoms with E-state index in [0.717, 1.165) is 10.5 Å². The number of nitrogens with zero attached hydrogens (tertiary/aromatic N) is 3. The smallest absolute Gasteiger partial charge is 0.284 e. The molecule has 3 N–H and O–H groups in total. The van der Waals surface area contributed by atoms with Gasteiger partial charge in [0.25, 0.3) is 17.7 Å². The zero-order valence-electron chi connectivity index (χ0n) is 21.2. The Balaban J connectivity index is 1.83. The molecule has 0 saturated heterocycles. The van der Waals surface area contributed by atoms with Crippen LogP contribution in [-0.4, -0.2) is 41.8 Å². The van der Waals surface area contributed by atoms with E-state index in [1.54, 1.807) is 30.3 Å². The zero-order valence-corrected chi connectivity index (χ0v) is 21.2. The van der Waals surface area contributed by atoms with Crippen molar-refractivity contribution in [2.45, 2.75) is 19.4 Å². The standard InChI is InChI=1S/C29H27N5O4/c1-4-22(19-11-7-5-8-12-19)31-24-25(29(38)34(28(24)37)20-13-9-6-10-14-20)32-23-16-18(17-30)15-21(26(23)35)27(36)33(2)3/h5-16,22,31-32,35H,4H2,1-3H3/t22-/m1/s1. The first-order chi connectivity index (χ1) is 18.3. The van der Waals surface area contributed by atoms with Crippen LogP contribution in [-0.2, 0) is 9.59 Å². The van der Waals surface area contributed by atoms with Crippen molar-refractivity contribution in [3.63, 3.8) is 0 Å². The van der Waals surface area contributed by atoms with Crippen molar-refractivity contribution in [1.82, 2.24) is 10.2 Å². The first kappa shape index (κ1) is 26.0. The molecule has 0 spiro atoms.